The molecular formula is C13H26N2O2S. The van der Waals surface area contributed by atoms with Gasteiger partial charge in [0.15, 0.2) is 9.84 Å². The molecule has 0 aromatic rings. The van der Waals surface area contributed by atoms with Crippen molar-refractivity contribution < 1.29 is 8.42 Å². The van der Waals surface area contributed by atoms with Gasteiger partial charge in [-0.05, 0) is 39.2 Å². The fourth-order valence-electron chi connectivity index (χ4n) is 4.07. The van der Waals surface area contributed by atoms with E-state index >= 15 is 0 Å². The lowest BCUT2D eigenvalue weighted by molar-refractivity contribution is 0.0357. The standard InChI is InChI=1S/C13H26N2O2S/c1-11-6-3-4-9-15(11)13(10-14)8-5-7-12(13)18(2,16)17/h11-12H,3-10,14H2,1-2H3. The first-order valence-electron chi connectivity index (χ1n) is 7.07. The molecule has 0 amide bonds. The highest BCUT2D eigenvalue weighted by Gasteiger charge is 2.52. The van der Waals surface area contributed by atoms with E-state index in [1.165, 1.54) is 19.1 Å². The Kier molecular flexibility index (Phi) is 4.04. The molecule has 2 N–H and O–H groups in total. The summed E-state index contributed by atoms with van der Waals surface area (Å²) in [4.78, 5) is 2.41. The molecule has 2 rings (SSSR count). The molecule has 0 bridgehead atoms. The van der Waals surface area contributed by atoms with Crippen LogP contribution in [0.2, 0.25) is 0 Å². The van der Waals surface area contributed by atoms with Gasteiger partial charge in [-0.25, -0.2) is 8.42 Å². The number of piperidine rings is 1. The van der Waals surface area contributed by atoms with E-state index in [2.05, 4.69) is 11.8 Å². The number of hydrogen-bond acceptors (Lipinski definition) is 4. The maximum atomic E-state index is 12.1. The van der Waals surface area contributed by atoms with Gasteiger partial charge in [-0.1, -0.05) is 12.8 Å². The molecule has 0 aromatic heterocycles. The van der Waals surface area contributed by atoms with Crippen molar-refractivity contribution in [2.75, 3.05) is 19.3 Å². The molecular weight excluding hydrogens is 248 g/mol. The van der Waals surface area contributed by atoms with Gasteiger partial charge in [-0.2, -0.15) is 0 Å². The second-order valence-corrected chi connectivity index (χ2v) is 8.28. The Morgan fingerprint density at radius 1 is 1.28 bits per heavy atom. The molecule has 1 saturated carbocycles. The van der Waals surface area contributed by atoms with Gasteiger partial charge in [0, 0.05) is 18.8 Å². The third-order valence-electron chi connectivity index (χ3n) is 4.92. The highest BCUT2D eigenvalue weighted by molar-refractivity contribution is 7.91. The van der Waals surface area contributed by atoms with E-state index in [4.69, 9.17) is 5.73 Å². The number of hydrogen-bond donors (Lipinski definition) is 1. The number of rotatable bonds is 3. The van der Waals surface area contributed by atoms with Crippen molar-refractivity contribution in [2.45, 2.75) is 62.3 Å². The Balaban J connectivity index is 2.34. The van der Waals surface area contributed by atoms with Crippen molar-refractivity contribution in [2.24, 2.45) is 5.73 Å². The average molecular weight is 274 g/mol. The van der Waals surface area contributed by atoms with Crippen LogP contribution in [0.4, 0.5) is 0 Å². The van der Waals surface area contributed by atoms with Crippen molar-refractivity contribution in [1.82, 2.24) is 4.90 Å². The highest BCUT2D eigenvalue weighted by Crippen LogP contribution is 2.41. The van der Waals surface area contributed by atoms with Gasteiger partial charge < -0.3 is 5.73 Å². The second kappa shape index (κ2) is 5.10. The van der Waals surface area contributed by atoms with Crippen LogP contribution in [0.5, 0.6) is 0 Å². The van der Waals surface area contributed by atoms with E-state index in [0.29, 0.717) is 12.6 Å². The molecule has 1 heterocycles. The van der Waals surface area contributed by atoms with Gasteiger partial charge in [0.25, 0.3) is 0 Å². The summed E-state index contributed by atoms with van der Waals surface area (Å²) in [5.74, 6) is 0. The molecule has 18 heavy (non-hydrogen) atoms. The third-order valence-corrected chi connectivity index (χ3v) is 6.63. The van der Waals surface area contributed by atoms with Crippen molar-refractivity contribution in [3.63, 3.8) is 0 Å². The van der Waals surface area contributed by atoms with Crippen molar-refractivity contribution in [3.05, 3.63) is 0 Å². The SMILES string of the molecule is CC1CCCCN1C1(CN)CCCC1S(C)(=O)=O. The van der Waals surface area contributed by atoms with Crippen LogP contribution in [0.3, 0.4) is 0 Å². The van der Waals surface area contributed by atoms with Gasteiger partial charge in [-0.3, -0.25) is 4.90 Å². The summed E-state index contributed by atoms with van der Waals surface area (Å²) in [7, 11) is -3.02. The third kappa shape index (κ3) is 2.32. The summed E-state index contributed by atoms with van der Waals surface area (Å²) in [6.45, 7) is 3.69. The van der Waals surface area contributed by atoms with E-state index in [0.717, 1.165) is 32.2 Å². The van der Waals surface area contributed by atoms with E-state index in [-0.39, 0.29) is 10.8 Å². The fraction of sp³-hybridized carbons (Fsp3) is 1.00. The molecule has 106 valence electrons. The molecule has 2 aliphatic rings. The van der Waals surface area contributed by atoms with Crippen molar-refractivity contribution in [1.29, 1.82) is 0 Å². The molecule has 1 aliphatic carbocycles. The predicted octanol–water partition coefficient (Wildman–Crippen LogP) is 1.16. The Morgan fingerprint density at radius 3 is 2.56 bits per heavy atom. The molecule has 5 heteroatoms. The second-order valence-electron chi connectivity index (χ2n) is 6.06. The molecule has 2 fully saturated rings. The lowest BCUT2D eigenvalue weighted by Gasteiger charge is -2.49. The Hall–Kier alpha value is -0.130. The largest absolute Gasteiger partial charge is 0.329 e. The minimum atomic E-state index is -3.02. The predicted molar refractivity (Wildman–Crippen MR) is 74.3 cm³/mol. The first-order chi connectivity index (χ1) is 8.42. The molecule has 4 nitrogen and oxygen atoms in total. The van der Waals surface area contributed by atoms with Crippen LogP contribution >= 0.6 is 0 Å². The van der Waals surface area contributed by atoms with E-state index < -0.39 is 9.84 Å². The van der Waals surface area contributed by atoms with Crippen LogP contribution in [0.15, 0.2) is 0 Å². The number of sulfone groups is 1. The Bertz CT molecular complexity index is 396. The van der Waals surface area contributed by atoms with Gasteiger partial charge in [0.2, 0.25) is 0 Å². The fourth-order valence-corrected chi connectivity index (χ4v) is 5.82. The summed E-state index contributed by atoms with van der Waals surface area (Å²) < 4.78 is 24.2. The molecule has 1 saturated heterocycles. The van der Waals surface area contributed by atoms with Gasteiger partial charge in [-0.15, -0.1) is 0 Å². The Morgan fingerprint density at radius 2 is 2.00 bits per heavy atom. The molecule has 1 aliphatic heterocycles. The first-order valence-corrected chi connectivity index (χ1v) is 9.03. The van der Waals surface area contributed by atoms with E-state index in [1.54, 1.807) is 0 Å². The van der Waals surface area contributed by atoms with Crippen molar-refractivity contribution in [3.8, 4) is 0 Å². The number of likely N-dealkylation sites (tertiary alicyclic amines) is 1. The highest BCUT2D eigenvalue weighted by atomic mass is 32.2. The first kappa shape index (κ1) is 14.3. The topological polar surface area (TPSA) is 63.4 Å². The molecule has 0 aromatic carbocycles. The Labute approximate surface area is 111 Å². The molecule has 3 atom stereocenters. The van der Waals surface area contributed by atoms with Gasteiger partial charge in [0.1, 0.15) is 0 Å². The quantitative estimate of drug-likeness (QED) is 0.838. The van der Waals surface area contributed by atoms with Gasteiger partial charge >= 0.3 is 0 Å². The maximum absolute atomic E-state index is 12.1. The molecule has 3 unspecified atom stereocenters. The minimum absolute atomic E-state index is 0.268. The smallest absolute Gasteiger partial charge is 0.152 e. The monoisotopic (exact) mass is 274 g/mol. The lowest BCUT2D eigenvalue weighted by Crippen LogP contribution is -2.63. The maximum Gasteiger partial charge on any atom is 0.152 e. The van der Waals surface area contributed by atoms with E-state index in [1.807, 2.05) is 0 Å². The molecule has 0 spiro atoms. The average Bonchev–Trinajstić information content (AvgIpc) is 2.74. The summed E-state index contributed by atoms with van der Waals surface area (Å²) >= 11 is 0. The van der Waals surface area contributed by atoms with Crippen LogP contribution < -0.4 is 5.73 Å². The zero-order valence-corrected chi connectivity index (χ0v) is 12.4. The van der Waals surface area contributed by atoms with Crippen molar-refractivity contribution >= 4 is 9.84 Å². The zero-order chi connectivity index (χ0) is 13.4. The van der Waals surface area contributed by atoms with Crippen LogP contribution in [0.1, 0.15) is 45.4 Å². The van der Waals surface area contributed by atoms with Crippen LogP contribution in [0, 0.1) is 0 Å². The zero-order valence-electron chi connectivity index (χ0n) is 11.6. The minimum Gasteiger partial charge on any atom is -0.329 e. The lowest BCUT2D eigenvalue weighted by atomic mass is 9.89. The summed E-state index contributed by atoms with van der Waals surface area (Å²) in [6.07, 6.45) is 7.66. The van der Waals surface area contributed by atoms with Gasteiger partial charge in [0.05, 0.1) is 10.8 Å². The summed E-state index contributed by atoms with van der Waals surface area (Å²) in [5, 5.41) is -0.268. The molecule has 0 radical (unpaired) electrons. The number of nitrogens with zero attached hydrogens (tertiary/aromatic N) is 1. The normalized spacial score (nSPS) is 39.1. The summed E-state index contributed by atoms with van der Waals surface area (Å²) in [6, 6.07) is 0.463. The van der Waals surface area contributed by atoms with E-state index in [9.17, 15) is 8.42 Å². The number of nitrogens with two attached hydrogens (primary N) is 1. The van der Waals surface area contributed by atoms with Crippen LogP contribution in [-0.2, 0) is 9.84 Å². The van der Waals surface area contributed by atoms with Crippen LogP contribution in [-0.4, -0.2) is 49.5 Å². The van der Waals surface area contributed by atoms with Crippen LogP contribution in [0.25, 0.3) is 0 Å². The summed E-state index contributed by atoms with van der Waals surface area (Å²) in [5.41, 5.74) is 5.74.